The summed E-state index contributed by atoms with van der Waals surface area (Å²) in [7, 11) is -4.65. The molecule has 0 spiro atoms. The second-order valence-electron chi connectivity index (χ2n) is 8.92. The molecule has 0 bridgehead atoms. The van der Waals surface area contributed by atoms with Gasteiger partial charge in [0.15, 0.2) is 0 Å². The van der Waals surface area contributed by atoms with Crippen LogP contribution >= 0.6 is 0 Å². The molecule has 0 aromatic heterocycles. The number of ether oxygens (including phenoxy) is 1. The van der Waals surface area contributed by atoms with Crippen LogP contribution in [-0.2, 0) is 19.8 Å². The Morgan fingerprint density at radius 2 is 1.63 bits per heavy atom. The highest BCUT2D eigenvalue weighted by Gasteiger charge is 2.60. The normalized spacial score (nSPS) is 19.4. The van der Waals surface area contributed by atoms with Crippen molar-refractivity contribution in [3.63, 3.8) is 0 Å². The van der Waals surface area contributed by atoms with Gasteiger partial charge in [0.2, 0.25) is 0 Å². The lowest BCUT2D eigenvalue weighted by atomic mass is 10.0. The van der Waals surface area contributed by atoms with Crippen LogP contribution in [0.3, 0.4) is 0 Å². The number of hydrogen-bond donors (Lipinski definition) is 5. The van der Waals surface area contributed by atoms with Gasteiger partial charge < -0.3 is 30.9 Å². The topological polar surface area (TPSA) is 186 Å². The van der Waals surface area contributed by atoms with Crippen LogP contribution < -0.4 is 21.3 Å². The summed E-state index contributed by atoms with van der Waals surface area (Å²) in [5.74, 6) is -0.850. The number of amides is 6. The van der Waals surface area contributed by atoms with Crippen molar-refractivity contribution in [3.05, 3.63) is 24.3 Å². The average molecular weight is 513 g/mol. The molecule has 0 radical (unpaired) electrons. The third kappa shape index (κ3) is 6.51. The Kier molecular flexibility index (Phi) is 7.40. The third-order valence-electron chi connectivity index (χ3n) is 5.12. The smallest absolute Gasteiger partial charge is 0.407 e. The summed E-state index contributed by atoms with van der Waals surface area (Å²) in [6.07, 6.45) is -0.353. The minimum atomic E-state index is -4.65. The molecule has 6 amide bonds. The number of rotatable bonds is 6. The van der Waals surface area contributed by atoms with Crippen LogP contribution in [0.25, 0.3) is 0 Å². The van der Waals surface area contributed by atoms with Gasteiger partial charge in [-0.2, -0.15) is 8.42 Å². The number of carbonyl (C=O) groups is 4. The number of β-lactam (4-membered cyclic amide) rings is 1. The fraction of sp³-hybridized carbons (Fsp3) is 0.500. The van der Waals surface area contributed by atoms with Crippen molar-refractivity contribution >= 4 is 45.7 Å². The number of nitrogens with one attached hydrogen (secondary N) is 4. The summed E-state index contributed by atoms with van der Waals surface area (Å²) in [6, 6.07) is 3.39. The number of hydrogen-bond acceptors (Lipinski definition) is 7. The fourth-order valence-electron chi connectivity index (χ4n) is 3.71. The third-order valence-corrected chi connectivity index (χ3v) is 6.07. The van der Waals surface area contributed by atoms with E-state index < -0.39 is 52.1 Å². The maximum absolute atomic E-state index is 12.6. The number of nitrogens with zero attached hydrogens (tertiary/aromatic N) is 2. The van der Waals surface area contributed by atoms with Crippen LogP contribution in [-0.4, -0.2) is 83.6 Å². The highest BCUT2D eigenvalue weighted by atomic mass is 32.2. The van der Waals surface area contributed by atoms with E-state index in [-0.39, 0.29) is 26.1 Å². The monoisotopic (exact) mass is 512 g/mol. The summed E-state index contributed by atoms with van der Waals surface area (Å²) in [4.78, 5) is 49.4. The number of benzene rings is 1. The van der Waals surface area contributed by atoms with Crippen LogP contribution in [0.5, 0.6) is 0 Å². The molecule has 2 fully saturated rings. The van der Waals surface area contributed by atoms with E-state index in [0.29, 0.717) is 15.7 Å². The molecule has 1 aromatic carbocycles. The van der Waals surface area contributed by atoms with Crippen LogP contribution in [0.1, 0.15) is 27.2 Å². The molecule has 2 aliphatic rings. The number of likely N-dealkylation sites (tertiary alicyclic amines) is 1. The van der Waals surface area contributed by atoms with E-state index in [1.807, 2.05) is 0 Å². The molecule has 14 nitrogen and oxygen atoms in total. The molecular formula is C20H28N6O8S. The lowest BCUT2D eigenvalue weighted by Gasteiger charge is -2.42. The molecular weight excluding hydrogens is 484 g/mol. The molecule has 1 aromatic rings. The number of carbonyl (C=O) groups excluding carboxylic acids is 4. The van der Waals surface area contributed by atoms with Gasteiger partial charge in [-0.05, 0) is 51.5 Å². The van der Waals surface area contributed by atoms with Crippen molar-refractivity contribution in [2.45, 2.75) is 44.9 Å². The maximum Gasteiger partial charge on any atom is 0.407 e. The van der Waals surface area contributed by atoms with Crippen molar-refractivity contribution in [1.29, 1.82) is 0 Å². The summed E-state index contributed by atoms with van der Waals surface area (Å²) in [5, 5.41) is 10.3. The van der Waals surface area contributed by atoms with Gasteiger partial charge in [-0.3, -0.25) is 9.35 Å². The van der Waals surface area contributed by atoms with Gasteiger partial charge in [0.1, 0.15) is 11.6 Å². The highest BCUT2D eigenvalue weighted by molar-refractivity contribution is 7.84. The van der Waals surface area contributed by atoms with Gasteiger partial charge in [-0.15, -0.1) is 0 Å². The van der Waals surface area contributed by atoms with Gasteiger partial charge >= 0.3 is 28.5 Å². The Morgan fingerprint density at radius 3 is 2.20 bits per heavy atom. The minimum Gasteiger partial charge on any atom is -0.444 e. The van der Waals surface area contributed by atoms with Gasteiger partial charge in [0.25, 0.3) is 5.91 Å². The fourth-order valence-corrected chi connectivity index (χ4v) is 4.60. The molecule has 35 heavy (non-hydrogen) atoms. The molecule has 192 valence electrons. The first-order valence-corrected chi connectivity index (χ1v) is 12.2. The maximum atomic E-state index is 12.6. The van der Waals surface area contributed by atoms with Gasteiger partial charge in [0, 0.05) is 31.0 Å². The van der Waals surface area contributed by atoms with Crippen LogP contribution in [0, 0.1) is 0 Å². The summed E-state index contributed by atoms with van der Waals surface area (Å²) < 4.78 is 37.2. The van der Waals surface area contributed by atoms with Crippen molar-refractivity contribution in [2.24, 2.45) is 0 Å². The minimum absolute atomic E-state index is 0.154. The van der Waals surface area contributed by atoms with Crippen LogP contribution in [0.4, 0.5) is 25.8 Å². The molecule has 2 heterocycles. The molecule has 0 unspecified atom stereocenters. The number of fused-ring (bicyclic) bond motifs is 1. The van der Waals surface area contributed by atoms with Gasteiger partial charge in [-0.25, -0.2) is 18.7 Å². The predicted octanol–water partition coefficient (Wildman–Crippen LogP) is 0.953. The quantitative estimate of drug-likeness (QED) is 0.212. The Labute approximate surface area is 202 Å². The largest absolute Gasteiger partial charge is 0.444 e. The highest BCUT2D eigenvalue weighted by Crippen LogP contribution is 2.35. The van der Waals surface area contributed by atoms with E-state index in [0.717, 1.165) is 0 Å². The average Bonchev–Trinajstić information content (AvgIpc) is 3.09. The first-order chi connectivity index (χ1) is 16.3. The van der Waals surface area contributed by atoms with E-state index in [9.17, 15) is 27.6 Å². The molecule has 5 N–H and O–H groups in total. The zero-order valence-electron chi connectivity index (χ0n) is 19.4. The SMILES string of the molecule is CC(C)(C)OC(=O)NCCNC(=O)Nc1ccc(NC(=O)N2CC[C@@H]3[C@H]2C(=O)N3S(=O)(=O)O)cc1. The van der Waals surface area contributed by atoms with Gasteiger partial charge in [-0.1, -0.05) is 0 Å². The van der Waals surface area contributed by atoms with Crippen LogP contribution in [0.2, 0.25) is 0 Å². The molecule has 2 saturated heterocycles. The molecule has 3 rings (SSSR count). The lowest BCUT2D eigenvalue weighted by Crippen LogP contribution is -2.68. The zero-order chi connectivity index (χ0) is 26.0. The summed E-state index contributed by atoms with van der Waals surface area (Å²) in [5.41, 5.74) is 0.222. The second kappa shape index (κ2) is 9.95. The zero-order valence-corrected chi connectivity index (χ0v) is 20.2. The Hall–Kier alpha value is -3.59. The molecule has 2 aliphatic heterocycles. The van der Waals surface area contributed by atoms with Crippen LogP contribution in [0.15, 0.2) is 24.3 Å². The van der Waals surface area contributed by atoms with Crippen molar-refractivity contribution in [2.75, 3.05) is 30.3 Å². The van der Waals surface area contributed by atoms with E-state index in [1.54, 1.807) is 32.9 Å². The van der Waals surface area contributed by atoms with Crippen molar-refractivity contribution < 1.29 is 36.9 Å². The Bertz CT molecular complexity index is 1100. The molecule has 15 heteroatoms. The molecule has 0 aliphatic carbocycles. The predicted molar refractivity (Wildman–Crippen MR) is 124 cm³/mol. The lowest BCUT2D eigenvalue weighted by molar-refractivity contribution is -0.143. The number of urea groups is 2. The first-order valence-electron chi connectivity index (χ1n) is 10.8. The van der Waals surface area contributed by atoms with Gasteiger partial charge in [0.05, 0.1) is 6.04 Å². The number of alkyl carbamates (subject to hydrolysis) is 1. The van der Waals surface area contributed by atoms with Crippen molar-refractivity contribution in [1.82, 2.24) is 19.8 Å². The standard InChI is InChI=1S/C20H28N6O8S/c1-20(2,3)34-19(30)22-10-9-21-17(28)23-12-4-6-13(7-5-12)24-18(29)25-11-8-14-15(25)16(27)26(14)35(31,32)33/h4-7,14-15H,8-11H2,1-3H3,(H,22,30)(H,24,29)(H2,21,23,28)(H,31,32,33)/t14-,15+/m1/s1. The van der Waals surface area contributed by atoms with E-state index in [1.165, 1.54) is 17.0 Å². The second-order valence-corrected chi connectivity index (χ2v) is 10.2. The van der Waals surface area contributed by atoms with E-state index >= 15 is 0 Å². The Morgan fingerprint density at radius 1 is 1.06 bits per heavy atom. The Balaban J connectivity index is 1.42. The molecule has 2 atom stereocenters. The summed E-state index contributed by atoms with van der Waals surface area (Å²) in [6.45, 7) is 5.73. The van der Waals surface area contributed by atoms with Crippen molar-refractivity contribution in [3.8, 4) is 0 Å². The number of anilines is 2. The van der Waals surface area contributed by atoms with E-state index in [2.05, 4.69) is 21.3 Å². The molecule has 0 saturated carbocycles. The summed E-state index contributed by atoms with van der Waals surface area (Å²) >= 11 is 0. The first kappa shape index (κ1) is 26.0. The van der Waals surface area contributed by atoms with E-state index in [4.69, 9.17) is 9.29 Å².